The average Bonchev–Trinajstić information content (AvgIpc) is 3.16. The van der Waals surface area contributed by atoms with Crippen molar-refractivity contribution in [2.24, 2.45) is 0 Å². The molecule has 31 heavy (non-hydrogen) atoms. The van der Waals surface area contributed by atoms with E-state index in [4.69, 9.17) is 18.9 Å². The second-order valence-electron chi connectivity index (χ2n) is 7.32. The third-order valence-electron chi connectivity index (χ3n) is 5.32. The number of carbonyl (C=O) groups is 2. The molecular weight excluding hydrogens is 400 g/mol. The normalized spacial score (nSPS) is 12.9. The van der Waals surface area contributed by atoms with Gasteiger partial charge in [-0.25, -0.2) is 4.79 Å². The first-order chi connectivity index (χ1) is 14.8. The summed E-state index contributed by atoms with van der Waals surface area (Å²) in [7, 11) is 3.10. The predicted octanol–water partition coefficient (Wildman–Crippen LogP) is 4.26. The Kier molecular flexibility index (Phi) is 6.84. The fourth-order valence-electron chi connectivity index (χ4n) is 3.53. The topological polar surface area (TPSA) is 91.3 Å². The Bertz CT molecular complexity index is 1020. The van der Waals surface area contributed by atoms with Crippen molar-refractivity contribution in [2.45, 2.75) is 39.7 Å². The summed E-state index contributed by atoms with van der Waals surface area (Å²) in [4.78, 5) is 24.1. The average molecular weight is 426 g/mol. The maximum Gasteiger partial charge on any atom is 0.342 e. The lowest BCUT2D eigenvalue weighted by atomic mass is 9.94. The lowest BCUT2D eigenvalue weighted by Gasteiger charge is -2.15. The molecule has 1 aliphatic heterocycles. The van der Waals surface area contributed by atoms with Gasteiger partial charge in [-0.05, 0) is 56.5 Å². The van der Waals surface area contributed by atoms with Crippen LogP contribution in [-0.4, -0.2) is 31.3 Å². The van der Waals surface area contributed by atoms with Gasteiger partial charge in [0, 0.05) is 17.5 Å². The zero-order chi connectivity index (χ0) is 22.5. The van der Waals surface area contributed by atoms with E-state index in [1.54, 1.807) is 31.4 Å². The number of rotatable bonds is 8. The second kappa shape index (κ2) is 9.55. The van der Waals surface area contributed by atoms with Crippen LogP contribution in [0.3, 0.4) is 0 Å². The van der Waals surface area contributed by atoms with Crippen LogP contribution in [-0.2, 0) is 22.6 Å². The number of allylic oxidation sites excluding steroid dienone is 2. The number of hydrogen-bond donors (Lipinski definition) is 1. The lowest BCUT2D eigenvalue weighted by Crippen LogP contribution is -2.07. The van der Waals surface area contributed by atoms with Gasteiger partial charge in [0.1, 0.15) is 35.2 Å². The molecule has 0 bridgehead atoms. The standard InChI is InChI=1S/C24H26O7/c1-14(6-12-20(25)31-17-9-7-16(28-3)8-10-17)5-11-18-22(26)21-19(13-30-24(21)27)15(2)23(18)29-4/h5,7-10,26H,6,11-13H2,1-4H3/b14-5+. The van der Waals surface area contributed by atoms with Crippen LogP contribution in [0, 0.1) is 6.92 Å². The molecule has 7 nitrogen and oxygen atoms in total. The number of methoxy groups -OCH3 is 2. The van der Waals surface area contributed by atoms with Gasteiger partial charge >= 0.3 is 11.9 Å². The molecule has 7 heteroatoms. The zero-order valence-electron chi connectivity index (χ0n) is 18.1. The summed E-state index contributed by atoms with van der Waals surface area (Å²) in [5, 5.41) is 10.7. The van der Waals surface area contributed by atoms with Crippen molar-refractivity contribution >= 4 is 11.9 Å². The summed E-state index contributed by atoms with van der Waals surface area (Å²) in [6.45, 7) is 3.88. The summed E-state index contributed by atoms with van der Waals surface area (Å²) >= 11 is 0. The third-order valence-corrected chi connectivity index (χ3v) is 5.32. The molecule has 0 atom stereocenters. The first kappa shape index (κ1) is 22.2. The molecule has 2 aromatic rings. The van der Waals surface area contributed by atoms with Crippen molar-refractivity contribution in [1.82, 2.24) is 0 Å². The lowest BCUT2D eigenvalue weighted by molar-refractivity contribution is -0.134. The first-order valence-electron chi connectivity index (χ1n) is 9.94. The minimum atomic E-state index is -0.526. The number of phenolic OH excluding ortho intramolecular Hbond substituents is 1. The minimum absolute atomic E-state index is 0.108. The van der Waals surface area contributed by atoms with Crippen molar-refractivity contribution < 1.29 is 33.6 Å². The van der Waals surface area contributed by atoms with Gasteiger partial charge in [-0.2, -0.15) is 0 Å². The number of aromatic hydroxyl groups is 1. The molecule has 0 saturated carbocycles. The van der Waals surface area contributed by atoms with Crippen LogP contribution in [0.2, 0.25) is 0 Å². The van der Waals surface area contributed by atoms with Gasteiger partial charge in [-0.3, -0.25) is 4.79 Å². The van der Waals surface area contributed by atoms with Gasteiger partial charge in [0.05, 0.1) is 14.2 Å². The fourth-order valence-corrected chi connectivity index (χ4v) is 3.53. The first-order valence-corrected chi connectivity index (χ1v) is 9.94. The number of ether oxygens (including phenoxy) is 4. The molecule has 0 spiro atoms. The number of cyclic esters (lactones) is 1. The molecule has 0 saturated heterocycles. The Balaban J connectivity index is 1.65. The Hall–Kier alpha value is -3.48. The van der Waals surface area contributed by atoms with Crippen LogP contribution in [0.4, 0.5) is 0 Å². The van der Waals surface area contributed by atoms with Crippen molar-refractivity contribution in [3.05, 3.63) is 58.2 Å². The minimum Gasteiger partial charge on any atom is -0.507 e. The highest BCUT2D eigenvalue weighted by atomic mass is 16.5. The highest BCUT2D eigenvalue weighted by Crippen LogP contribution is 2.42. The quantitative estimate of drug-likeness (QED) is 0.383. The molecule has 0 aliphatic carbocycles. The Morgan fingerprint density at radius 2 is 1.81 bits per heavy atom. The fraction of sp³-hybridized carbons (Fsp3) is 0.333. The molecule has 0 fully saturated rings. The van der Waals surface area contributed by atoms with Crippen molar-refractivity contribution in [2.75, 3.05) is 14.2 Å². The number of esters is 2. The van der Waals surface area contributed by atoms with Crippen LogP contribution in [0.5, 0.6) is 23.0 Å². The molecule has 1 N–H and O–H groups in total. The van der Waals surface area contributed by atoms with Gasteiger partial charge in [-0.1, -0.05) is 11.6 Å². The summed E-state index contributed by atoms with van der Waals surface area (Å²) in [6.07, 6.45) is 2.98. The predicted molar refractivity (Wildman–Crippen MR) is 114 cm³/mol. The van der Waals surface area contributed by atoms with Crippen molar-refractivity contribution in [1.29, 1.82) is 0 Å². The van der Waals surface area contributed by atoms with Gasteiger partial charge in [-0.15, -0.1) is 0 Å². The van der Waals surface area contributed by atoms with E-state index in [1.807, 2.05) is 19.9 Å². The maximum absolute atomic E-state index is 12.1. The van der Waals surface area contributed by atoms with E-state index in [0.717, 1.165) is 11.1 Å². The molecule has 1 aliphatic rings. The van der Waals surface area contributed by atoms with E-state index in [-0.39, 0.29) is 30.3 Å². The smallest absolute Gasteiger partial charge is 0.342 e. The number of carbonyl (C=O) groups excluding carboxylic acids is 2. The van der Waals surface area contributed by atoms with Gasteiger partial charge in [0.25, 0.3) is 0 Å². The van der Waals surface area contributed by atoms with Gasteiger partial charge in [0.15, 0.2) is 0 Å². The van der Waals surface area contributed by atoms with Crippen molar-refractivity contribution in [3.63, 3.8) is 0 Å². The molecular formula is C24H26O7. The number of phenols is 1. The maximum atomic E-state index is 12.1. The number of benzene rings is 2. The molecule has 164 valence electrons. The van der Waals surface area contributed by atoms with Crippen LogP contribution in [0.25, 0.3) is 0 Å². The molecule has 3 rings (SSSR count). The van der Waals surface area contributed by atoms with Crippen LogP contribution >= 0.6 is 0 Å². The van der Waals surface area contributed by atoms with E-state index in [2.05, 4.69) is 0 Å². The summed E-state index contributed by atoms with van der Waals surface area (Å²) in [6, 6.07) is 6.80. The largest absolute Gasteiger partial charge is 0.507 e. The Morgan fingerprint density at radius 3 is 2.45 bits per heavy atom. The molecule has 0 radical (unpaired) electrons. The monoisotopic (exact) mass is 426 g/mol. The highest BCUT2D eigenvalue weighted by molar-refractivity contribution is 5.98. The van der Waals surface area contributed by atoms with E-state index in [1.165, 1.54) is 7.11 Å². The van der Waals surface area contributed by atoms with E-state index in [9.17, 15) is 14.7 Å². The van der Waals surface area contributed by atoms with Crippen molar-refractivity contribution in [3.8, 4) is 23.0 Å². The van der Waals surface area contributed by atoms with E-state index in [0.29, 0.717) is 41.2 Å². The van der Waals surface area contributed by atoms with Crippen LogP contribution < -0.4 is 14.2 Å². The van der Waals surface area contributed by atoms with E-state index < -0.39 is 5.97 Å². The second-order valence-corrected chi connectivity index (χ2v) is 7.32. The van der Waals surface area contributed by atoms with Gasteiger partial charge in [0.2, 0.25) is 0 Å². The molecule has 0 amide bonds. The Labute approximate surface area is 181 Å². The molecule has 2 aromatic carbocycles. The van der Waals surface area contributed by atoms with E-state index >= 15 is 0 Å². The molecule has 0 unspecified atom stereocenters. The number of fused-ring (bicyclic) bond motifs is 1. The summed E-state index contributed by atoms with van der Waals surface area (Å²) in [5.41, 5.74) is 3.13. The third kappa shape index (κ3) is 4.82. The number of hydrogen-bond acceptors (Lipinski definition) is 7. The van der Waals surface area contributed by atoms with Crippen LogP contribution in [0.1, 0.15) is 46.8 Å². The Morgan fingerprint density at radius 1 is 1.13 bits per heavy atom. The SMILES string of the molecule is COc1ccc(OC(=O)CC/C(C)=C/Cc2c(O)c3c(c(C)c2OC)COC3=O)cc1. The zero-order valence-corrected chi connectivity index (χ0v) is 18.1. The molecule has 1 heterocycles. The summed E-state index contributed by atoms with van der Waals surface area (Å²) < 4.78 is 21.0. The van der Waals surface area contributed by atoms with Crippen LogP contribution in [0.15, 0.2) is 35.9 Å². The summed E-state index contributed by atoms with van der Waals surface area (Å²) in [5.74, 6) is 0.714. The molecule has 0 aromatic heterocycles. The van der Waals surface area contributed by atoms with Gasteiger partial charge < -0.3 is 24.1 Å². The highest BCUT2D eigenvalue weighted by Gasteiger charge is 2.31.